The molecule has 2 aliphatic rings. The molecule has 8 rings (SSSR count). The summed E-state index contributed by atoms with van der Waals surface area (Å²) in [6.45, 7) is 2.74. The Balaban J connectivity index is 1.25. The molecular formula is C37H30Cl2N6O3. The molecule has 3 aromatic heterocycles. The highest BCUT2D eigenvalue weighted by molar-refractivity contribution is 6.32. The first-order valence-electron chi connectivity index (χ1n) is 15.8. The number of anilines is 1. The Morgan fingerprint density at radius 2 is 1.79 bits per heavy atom. The second-order valence-corrected chi connectivity index (χ2v) is 13.0. The van der Waals surface area contributed by atoms with Crippen LogP contribution in [0.5, 0.6) is 5.88 Å². The van der Waals surface area contributed by atoms with Gasteiger partial charge in [-0.05, 0) is 60.4 Å². The van der Waals surface area contributed by atoms with E-state index in [0.29, 0.717) is 40.4 Å². The number of aromatic nitrogens is 4. The SMILES string of the molecule is CC(=O)N1CCC[C@@H](Oc2ncccc2NC(=O)c2[nH]c3cc(Cl)cc4c3c2-c2c(-c3ccccc3)ncn2[C@@H]4c2ccc(Cl)cc2)C1. The molecule has 240 valence electrons. The quantitative estimate of drug-likeness (QED) is 0.186. The summed E-state index contributed by atoms with van der Waals surface area (Å²) in [4.78, 5) is 40.9. The van der Waals surface area contributed by atoms with Gasteiger partial charge in [0.05, 0.1) is 30.3 Å². The molecule has 2 amide bonds. The Hall–Kier alpha value is -5.12. The third-order valence-electron chi connectivity index (χ3n) is 9.08. The van der Waals surface area contributed by atoms with Gasteiger partial charge in [0, 0.05) is 51.7 Å². The van der Waals surface area contributed by atoms with E-state index in [1.54, 1.807) is 30.2 Å². The van der Waals surface area contributed by atoms with Crippen LogP contribution in [0.3, 0.4) is 0 Å². The number of hydrogen-bond donors (Lipinski definition) is 2. The smallest absolute Gasteiger partial charge is 0.272 e. The monoisotopic (exact) mass is 676 g/mol. The zero-order valence-corrected chi connectivity index (χ0v) is 27.4. The fourth-order valence-electron chi connectivity index (χ4n) is 6.94. The number of nitrogens with one attached hydrogen (secondary N) is 2. The number of piperidine rings is 1. The molecule has 0 aliphatic carbocycles. The van der Waals surface area contributed by atoms with Crippen LogP contribution < -0.4 is 10.1 Å². The van der Waals surface area contributed by atoms with Gasteiger partial charge in [0.2, 0.25) is 11.8 Å². The minimum absolute atomic E-state index is 0.0116. The highest BCUT2D eigenvalue weighted by atomic mass is 35.5. The average Bonchev–Trinajstić information content (AvgIpc) is 3.70. The Morgan fingerprint density at radius 3 is 2.58 bits per heavy atom. The lowest BCUT2D eigenvalue weighted by Crippen LogP contribution is -2.43. The number of imidazole rings is 1. The summed E-state index contributed by atoms with van der Waals surface area (Å²) in [6.07, 6.45) is 4.82. The first kappa shape index (κ1) is 30.2. The van der Waals surface area contributed by atoms with Crippen LogP contribution in [0.4, 0.5) is 5.69 Å². The second kappa shape index (κ2) is 12.2. The maximum Gasteiger partial charge on any atom is 0.272 e. The second-order valence-electron chi connectivity index (χ2n) is 12.1. The lowest BCUT2D eigenvalue weighted by molar-refractivity contribution is -0.131. The van der Waals surface area contributed by atoms with Crippen LogP contribution in [0.2, 0.25) is 10.0 Å². The number of carbonyl (C=O) groups is 2. The number of halogens is 2. The van der Waals surface area contributed by atoms with Crippen LogP contribution in [-0.2, 0) is 4.79 Å². The summed E-state index contributed by atoms with van der Waals surface area (Å²) in [6, 6.07) is 24.7. The summed E-state index contributed by atoms with van der Waals surface area (Å²) >= 11 is 13.0. The summed E-state index contributed by atoms with van der Waals surface area (Å²) < 4.78 is 8.39. The number of H-pyrrole nitrogens is 1. The molecule has 1 saturated heterocycles. The number of ether oxygens (including phenoxy) is 1. The van der Waals surface area contributed by atoms with Gasteiger partial charge in [0.1, 0.15) is 17.5 Å². The number of nitrogens with zero attached hydrogens (tertiary/aromatic N) is 4. The molecule has 2 atom stereocenters. The van der Waals surface area contributed by atoms with E-state index in [1.807, 2.05) is 73.1 Å². The molecule has 3 aromatic carbocycles. The molecule has 11 heteroatoms. The van der Waals surface area contributed by atoms with E-state index < -0.39 is 0 Å². The number of likely N-dealkylation sites (tertiary alicyclic amines) is 1. The van der Waals surface area contributed by atoms with Crippen LogP contribution >= 0.6 is 23.2 Å². The standard InChI is InChI=1S/C37H30Cl2N6O3/c1-21(46)44-16-6-9-26(19-44)48-37-28(10-5-15-40-37)43-36(47)33-31-30-27(17-25(39)18-29(30)42-33)34(23-11-13-24(38)14-12-23)45-20-41-32(35(31)45)22-7-3-2-4-8-22/h2-5,7-8,10-15,17-18,20,26,34,42H,6,9,16,19H2,1H3,(H,43,47)/t26-,34-/m1/s1. The van der Waals surface area contributed by atoms with Crippen LogP contribution in [-0.4, -0.2) is 55.4 Å². The molecule has 9 nitrogen and oxygen atoms in total. The van der Waals surface area contributed by atoms with E-state index in [0.717, 1.165) is 57.4 Å². The van der Waals surface area contributed by atoms with Gasteiger partial charge >= 0.3 is 0 Å². The van der Waals surface area contributed by atoms with Crippen molar-refractivity contribution in [2.75, 3.05) is 18.4 Å². The summed E-state index contributed by atoms with van der Waals surface area (Å²) in [5.74, 6) is -0.0584. The summed E-state index contributed by atoms with van der Waals surface area (Å²) in [5, 5.41) is 5.13. The average molecular weight is 678 g/mol. The molecule has 48 heavy (non-hydrogen) atoms. The Morgan fingerprint density at radius 1 is 0.979 bits per heavy atom. The summed E-state index contributed by atoms with van der Waals surface area (Å²) in [5.41, 5.74) is 6.67. The number of aromatic amines is 1. The van der Waals surface area contributed by atoms with Crippen molar-refractivity contribution in [3.05, 3.63) is 118 Å². The van der Waals surface area contributed by atoms with E-state index >= 15 is 0 Å². The number of rotatable bonds is 6. The van der Waals surface area contributed by atoms with Crippen molar-refractivity contribution in [2.24, 2.45) is 0 Å². The fraction of sp³-hybridized carbons (Fsp3) is 0.189. The minimum Gasteiger partial charge on any atom is -0.471 e. The number of carbonyl (C=O) groups excluding carboxylic acids is 2. The first-order valence-corrected chi connectivity index (χ1v) is 16.5. The van der Waals surface area contributed by atoms with E-state index in [-0.39, 0.29) is 24.0 Å². The van der Waals surface area contributed by atoms with E-state index in [4.69, 9.17) is 32.9 Å². The molecule has 0 unspecified atom stereocenters. The van der Waals surface area contributed by atoms with Crippen molar-refractivity contribution in [3.63, 3.8) is 0 Å². The Bertz CT molecular complexity index is 2190. The largest absolute Gasteiger partial charge is 0.471 e. The van der Waals surface area contributed by atoms with Crippen molar-refractivity contribution in [1.82, 2.24) is 24.4 Å². The Kier molecular flexibility index (Phi) is 7.66. The molecule has 5 heterocycles. The molecule has 2 aliphatic heterocycles. The first-order chi connectivity index (χ1) is 23.4. The topological polar surface area (TPSA) is 105 Å². The van der Waals surface area contributed by atoms with E-state index in [1.165, 1.54) is 0 Å². The Labute approximate surface area is 286 Å². The van der Waals surface area contributed by atoms with Crippen molar-refractivity contribution in [2.45, 2.75) is 31.9 Å². The van der Waals surface area contributed by atoms with Gasteiger partial charge in [-0.2, -0.15) is 0 Å². The maximum atomic E-state index is 14.4. The number of benzene rings is 3. The zero-order valence-electron chi connectivity index (χ0n) is 25.9. The molecule has 1 fully saturated rings. The van der Waals surface area contributed by atoms with Crippen molar-refractivity contribution in [1.29, 1.82) is 0 Å². The normalized spacial score (nSPS) is 16.9. The van der Waals surface area contributed by atoms with Crippen molar-refractivity contribution < 1.29 is 14.3 Å². The summed E-state index contributed by atoms with van der Waals surface area (Å²) in [7, 11) is 0. The molecule has 0 bridgehead atoms. The highest BCUT2D eigenvalue weighted by Gasteiger charge is 2.36. The van der Waals surface area contributed by atoms with E-state index in [9.17, 15) is 9.59 Å². The molecule has 6 aromatic rings. The maximum absolute atomic E-state index is 14.4. The lowest BCUT2D eigenvalue weighted by atomic mass is 9.88. The third kappa shape index (κ3) is 5.29. The number of pyridine rings is 1. The van der Waals surface area contributed by atoms with Gasteiger partial charge in [-0.1, -0.05) is 65.7 Å². The van der Waals surface area contributed by atoms with Gasteiger partial charge in [-0.15, -0.1) is 0 Å². The van der Waals surface area contributed by atoms with Crippen LogP contribution in [0.25, 0.3) is 33.4 Å². The molecule has 2 N–H and O–H groups in total. The predicted molar refractivity (Wildman–Crippen MR) is 187 cm³/mol. The molecule has 0 radical (unpaired) electrons. The molecule has 0 spiro atoms. The zero-order chi connectivity index (χ0) is 32.9. The van der Waals surface area contributed by atoms with Crippen LogP contribution in [0, 0.1) is 0 Å². The van der Waals surface area contributed by atoms with Crippen LogP contribution in [0.15, 0.2) is 91.4 Å². The fourth-order valence-corrected chi connectivity index (χ4v) is 7.29. The van der Waals surface area contributed by atoms with Crippen molar-refractivity contribution in [3.8, 4) is 28.4 Å². The van der Waals surface area contributed by atoms with Gasteiger partial charge in [-0.25, -0.2) is 9.97 Å². The lowest BCUT2D eigenvalue weighted by Gasteiger charge is -2.32. The number of amides is 2. The minimum atomic E-state index is -0.369. The van der Waals surface area contributed by atoms with Gasteiger partial charge in [0.15, 0.2) is 0 Å². The van der Waals surface area contributed by atoms with Gasteiger partial charge in [0.25, 0.3) is 5.91 Å². The predicted octanol–water partition coefficient (Wildman–Crippen LogP) is 7.99. The third-order valence-corrected chi connectivity index (χ3v) is 9.55. The van der Waals surface area contributed by atoms with Gasteiger partial charge in [-0.3, -0.25) is 9.59 Å². The van der Waals surface area contributed by atoms with E-state index in [2.05, 4.69) is 19.9 Å². The highest BCUT2D eigenvalue weighted by Crippen LogP contribution is 2.49. The molecular weight excluding hydrogens is 647 g/mol. The number of hydrogen-bond acceptors (Lipinski definition) is 5. The van der Waals surface area contributed by atoms with Crippen molar-refractivity contribution >= 4 is 51.6 Å². The number of fused-ring (bicyclic) bond motifs is 2. The van der Waals surface area contributed by atoms with Crippen LogP contribution in [0.1, 0.15) is 47.4 Å². The molecule has 0 saturated carbocycles. The van der Waals surface area contributed by atoms with Gasteiger partial charge < -0.3 is 24.5 Å².